The number of amides is 1. The summed E-state index contributed by atoms with van der Waals surface area (Å²) in [5.41, 5.74) is 1.99. The fourth-order valence-electron chi connectivity index (χ4n) is 4.72. The van der Waals surface area contributed by atoms with E-state index in [1.165, 1.54) is 0 Å². The molecule has 1 aromatic heterocycles. The van der Waals surface area contributed by atoms with Gasteiger partial charge in [-0.3, -0.25) is 19.3 Å². The van der Waals surface area contributed by atoms with Crippen molar-refractivity contribution in [2.24, 2.45) is 11.8 Å². The number of H-pyrrole nitrogens is 1. The second-order valence-electron chi connectivity index (χ2n) is 8.33. The van der Waals surface area contributed by atoms with E-state index in [9.17, 15) is 24.6 Å². The summed E-state index contributed by atoms with van der Waals surface area (Å²) < 4.78 is 0. The molecule has 164 valence electrons. The monoisotopic (exact) mass is 425 g/mol. The number of carboxylic acids is 2. The predicted octanol–water partition coefficient (Wildman–Crippen LogP) is 3.39. The quantitative estimate of drug-likeness (QED) is 0.526. The molecular formula is C23H27N3O5. The lowest BCUT2D eigenvalue weighted by Crippen LogP contribution is -2.37. The van der Waals surface area contributed by atoms with Crippen LogP contribution in [0.4, 0.5) is 5.69 Å². The van der Waals surface area contributed by atoms with Gasteiger partial charge in [-0.25, -0.2) is 0 Å². The van der Waals surface area contributed by atoms with Crippen molar-refractivity contribution in [3.63, 3.8) is 0 Å². The molecule has 1 fully saturated rings. The first-order valence-electron chi connectivity index (χ1n) is 10.7. The molecule has 0 radical (unpaired) electrons. The SMILES string of the molecule is O=C(O)[C@@H]1CC=CC[C@H]1C(=O)Nc1ccc2[nH]cc([C@H](C(=O)O)N3CCCCC3)c2c1. The Morgan fingerprint density at radius 1 is 1.03 bits per heavy atom. The van der Waals surface area contributed by atoms with Gasteiger partial charge in [0.25, 0.3) is 0 Å². The highest BCUT2D eigenvalue weighted by Crippen LogP contribution is 2.33. The summed E-state index contributed by atoms with van der Waals surface area (Å²) in [4.78, 5) is 41.6. The summed E-state index contributed by atoms with van der Waals surface area (Å²) in [6.07, 6.45) is 9.17. The van der Waals surface area contributed by atoms with Gasteiger partial charge in [0.05, 0.1) is 11.8 Å². The van der Waals surface area contributed by atoms with Crippen LogP contribution in [0.5, 0.6) is 0 Å². The van der Waals surface area contributed by atoms with Crippen LogP contribution >= 0.6 is 0 Å². The van der Waals surface area contributed by atoms with Crippen LogP contribution in [0.15, 0.2) is 36.5 Å². The Labute approximate surface area is 179 Å². The average Bonchev–Trinajstić information content (AvgIpc) is 3.17. The zero-order chi connectivity index (χ0) is 22.0. The number of carbonyl (C=O) groups excluding carboxylic acids is 1. The summed E-state index contributed by atoms with van der Waals surface area (Å²) in [6, 6.07) is 4.57. The van der Waals surface area contributed by atoms with Crippen molar-refractivity contribution in [1.82, 2.24) is 9.88 Å². The maximum Gasteiger partial charge on any atom is 0.325 e. The number of carbonyl (C=O) groups is 3. The van der Waals surface area contributed by atoms with Gasteiger partial charge in [0.1, 0.15) is 6.04 Å². The van der Waals surface area contributed by atoms with Crippen molar-refractivity contribution < 1.29 is 24.6 Å². The minimum absolute atomic E-state index is 0.334. The van der Waals surface area contributed by atoms with Gasteiger partial charge >= 0.3 is 11.9 Å². The van der Waals surface area contributed by atoms with Crippen molar-refractivity contribution >= 4 is 34.4 Å². The number of rotatable bonds is 6. The van der Waals surface area contributed by atoms with Crippen LogP contribution < -0.4 is 5.32 Å². The smallest absolute Gasteiger partial charge is 0.325 e. The second kappa shape index (κ2) is 8.93. The summed E-state index contributed by atoms with van der Waals surface area (Å²) in [6.45, 7) is 1.48. The third-order valence-electron chi connectivity index (χ3n) is 6.35. The number of hydrogen-bond donors (Lipinski definition) is 4. The van der Waals surface area contributed by atoms with Crippen molar-refractivity contribution in [2.45, 2.75) is 38.1 Å². The van der Waals surface area contributed by atoms with Crippen molar-refractivity contribution in [3.8, 4) is 0 Å². The molecule has 0 unspecified atom stereocenters. The molecule has 2 aliphatic rings. The van der Waals surface area contributed by atoms with Crippen LogP contribution in [0.1, 0.15) is 43.7 Å². The molecule has 31 heavy (non-hydrogen) atoms. The number of allylic oxidation sites excluding steroid dienone is 2. The van der Waals surface area contributed by atoms with Gasteiger partial charge in [0.15, 0.2) is 0 Å². The molecule has 3 atom stereocenters. The number of hydrogen-bond acceptors (Lipinski definition) is 4. The number of aliphatic carboxylic acids is 2. The minimum atomic E-state index is -0.973. The fourth-order valence-corrected chi connectivity index (χ4v) is 4.72. The normalized spacial score (nSPS) is 22.8. The number of likely N-dealkylation sites (tertiary alicyclic amines) is 1. The van der Waals surface area contributed by atoms with Gasteiger partial charge in [0.2, 0.25) is 5.91 Å². The van der Waals surface area contributed by atoms with Crippen LogP contribution in [-0.2, 0) is 14.4 Å². The van der Waals surface area contributed by atoms with E-state index < -0.39 is 29.8 Å². The molecule has 8 nitrogen and oxygen atoms in total. The van der Waals surface area contributed by atoms with Gasteiger partial charge in [-0.1, -0.05) is 18.6 Å². The summed E-state index contributed by atoms with van der Waals surface area (Å²) >= 11 is 0. The van der Waals surface area contributed by atoms with E-state index >= 15 is 0 Å². The Balaban J connectivity index is 1.60. The summed E-state index contributed by atoms with van der Waals surface area (Å²) in [5, 5.41) is 23.0. The molecule has 4 rings (SSSR count). The summed E-state index contributed by atoms with van der Waals surface area (Å²) in [5.74, 6) is -3.58. The number of fused-ring (bicyclic) bond motifs is 1. The van der Waals surface area contributed by atoms with E-state index in [1.807, 2.05) is 11.0 Å². The van der Waals surface area contributed by atoms with E-state index in [-0.39, 0.29) is 5.91 Å². The number of anilines is 1. The Hall–Kier alpha value is -3.13. The van der Waals surface area contributed by atoms with E-state index in [4.69, 9.17) is 0 Å². The van der Waals surface area contributed by atoms with Gasteiger partial charge in [0, 0.05) is 28.4 Å². The minimum Gasteiger partial charge on any atom is -0.481 e. The fraction of sp³-hybridized carbons (Fsp3) is 0.435. The van der Waals surface area contributed by atoms with Crippen molar-refractivity contribution in [1.29, 1.82) is 0 Å². The number of benzene rings is 1. The Kier molecular flexibility index (Phi) is 6.08. The van der Waals surface area contributed by atoms with Crippen LogP contribution in [0.25, 0.3) is 10.9 Å². The van der Waals surface area contributed by atoms with Crippen LogP contribution in [0, 0.1) is 11.8 Å². The van der Waals surface area contributed by atoms with E-state index in [0.717, 1.165) is 43.3 Å². The highest BCUT2D eigenvalue weighted by molar-refractivity contribution is 5.98. The van der Waals surface area contributed by atoms with Gasteiger partial charge in [-0.2, -0.15) is 0 Å². The lowest BCUT2D eigenvalue weighted by atomic mass is 9.82. The Bertz CT molecular complexity index is 1020. The molecule has 1 aromatic carbocycles. The Morgan fingerprint density at radius 3 is 2.42 bits per heavy atom. The third-order valence-corrected chi connectivity index (χ3v) is 6.35. The lowest BCUT2D eigenvalue weighted by molar-refractivity contribution is -0.146. The molecular weight excluding hydrogens is 398 g/mol. The number of nitrogens with zero attached hydrogens (tertiary/aromatic N) is 1. The zero-order valence-electron chi connectivity index (χ0n) is 17.2. The first kappa shape index (κ1) is 21.1. The van der Waals surface area contributed by atoms with E-state index in [2.05, 4.69) is 10.3 Å². The van der Waals surface area contributed by atoms with Gasteiger partial charge in [-0.15, -0.1) is 0 Å². The molecule has 1 aliphatic heterocycles. The molecule has 1 aliphatic carbocycles. The highest BCUT2D eigenvalue weighted by atomic mass is 16.4. The number of nitrogens with one attached hydrogen (secondary N) is 2. The topological polar surface area (TPSA) is 123 Å². The molecule has 1 saturated heterocycles. The van der Waals surface area contributed by atoms with Gasteiger partial charge < -0.3 is 20.5 Å². The molecule has 0 bridgehead atoms. The molecule has 1 amide bonds. The molecule has 2 heterocycles. The molecule has 8 heteroatoms. The maximum atomic E-state index is 12.8. The molecule has 0 spiro atoms. The molecule has 2 aromatic rings. The van der Waals surface area contributed by atoms with Crippen molar-refractivity contribution in [2.75, 3.05) is 18.4 Å². The van der Waals surface area contributed by atoms with Crippen molar-refractivity contribution in [3.05, 3.63) is 42.1 Å². The van der Waals surface area contributed by atoms with Crippen LogP contribution in [0.3, 0.4) is 0 Å². The van der Waals surface area contributed by atoms with Gasteiger partial charge in [-0.05, 0) is 57.0 Å². The zero-order valence-corrected chi connectivity index (χ0v) is 17.2. The first-order chi connectivity index (χ1) is 15.0. The van der Waals surface area contributed by atoms with E-state index in [0.29, 0.717) is 24.1 Å². The highest BCUT2D eigenvalue weighted by Gasteiger charge is 2.34. The maximum absolute atomic E-state index is 12.8. The average molecular weight is 425 g/mol. The van der Waals surface area contributed by atoms with Crippen LogP contribution in [-0.4, -0.2) is 51.0 Å². The third kappa shape index (κ3) is 4.34. The number of carboxylic acid groups (broad SMARTS) is 2. The summed E-state index contributed by atoms with van der Waals surface area (Å²) in [7, 11) is 0. The van der Waals surface area contributed by atoms with E-state index in [1.54, 1.807) is 30.5 Å². The lowest BCUT2D eigenvalue weighted by Gasteiger charge is -2.31. The number of piperidine rings is 1. The second-order valence-corrected chi connectivity index (χ2v) is 8.33. The number of aromatic amines is 1. The first-order valence-corrected chi connectivity index (χ1v) is 10.7. The molecule has 0 saturated carbocycles. The largest absolute Gasteiger partial charge is 0.481 e. The Morgan fingerprint density at radius 2 is 1.74 bits per heavy atom. The predicted molar refractivity (Wildman–Crippen MR) is 116 cm³/mol. The standard InChI is InChI=1S/C23H27N3O5/c27-21(15-6-2-3-7-16(15)22(28)29)25-14-8-9-19-17(12-14)18(13-24-19)20(23(30)31)26-10-4-1-5-11-26/h2-3,8-9,12-13,15-16,20,24H,1,4-7,10-11H2,(H,25,27)(H,28,29)(H,30,31)/t15-,16-,20-/m1/s1. The number of aromatic nitrogens is 1. The van der Waals surface area contributed by atoms with Crippen LogP contribution in [0.2, 0.25) is 0 Å². The molecule has 4 N–H and O–H groups in total.